The molecule has 1 aliphatic heterocycles. The summed E-state index contributed by atoms with van der Waals surface area (Å²) in [6.45, 7) is 1.48. The molecule has 1 fully saturated rings. The monoisotopic (exact) mass is 251 g/mol. The van der Waals surface area contributed by atoms with E-state index in [1.807, 2.05) is 18.2 Å². The summed E-state index contributed by atoms with van der Waals surface area (Å²) in [6, 6.07) is 7.50. The second-order valence-corrected chi connectivity index (χ2v) is 4.99. The molecule has 1 aliphatic rings. The first-order valence-corrected chi connectivity index (χ1v) is 6.18. The molecule has 0 radical (unpaired) electrons. The molecule has 17 heavy (non-hydrogen) atoms. The van der Waals surface area contributed by atoms with E-state index in [4.69, 9.17) is 16.0 Å². The number of hydrogen-bond donors (Lipinski definition) is 2. The Morgan fingerprint density at radius 3 is 3.00 bits per heavy atom. The maximum absolute atomic E-state index is 10.5. The standard InChI is InChI=1S/C13H14ClNO2/c14-10-4-1-3-9-7-11(17-12(9)10)13(16)5-2-6-15-8-13/h1,3-4,7,15-16H,2,5-6,8H2. The maximum atomic E-state index is 10.5. The average molecular weight is 252 g/mol. The van der Waals surface area contributed by atoms with Crippen LogP contribution in [0.15, 0.2) is 28.7 Å². The molecule has 0 amide bonds. The fourth-order valence-corrected chi connectivity index (χ4v) is 2.58. The number of piperidine rings is 1. The quantitative estimate of drug-likeness (QED) is 0.819. The normalized spacial score (nSPS) is 25.3. The van der Waals surface area contributed by atoms with Crippen LogP contribution in [0.2, 0.25) is 5.02 Å². The second-order valence-electron chi connectivity index (χ2n) is 4.58. The van der Waals surface area contributed by atoms with E-state index in [-0.39, 0.29) is 0 Å². The van der Waals surface area contributed by atoms with Crippen LogP contribution in [0.25, 0.3) is 11.0 Å². The molecule has 1 unspecified atom stereocenters. The zero-order valence-electron chi connectivity index (χ0n) is 9.37. The third-order valence-electron chi connectivity index (χ3n) is 3.32. The van der Waals surface area contributed by atoms with Crippen molar-refractivity contribution < 1.29 is 9.52 Å². The zero-order chi connectivity index (χ0) is 11.9. The van der Waals surface area contributed by atoms with Crippen molar-refractivity contribution in [1.82, 2.24) is 5.32 Å². The number of rotatable bonds is 1. The molecule has 2 heterocycles. The van der Waals surface area contributed by atoms with Crippen LogP contribution >= 0.6 is 11.6 Å². The van der Waals surface area contributed by atoms with Crippen LogP contribution in [0.5, 0.6) is 0 Å². The molecular weight excluding hydrogens is 238 g/mol. The van der Waals surface area contributed by atoms with Crippen LogP contribution in [0, 0.1) is 0 Å². The number of fused-ring (bicyclic) bond motifs is 1. The average Bonchev–Trinajstić information content (AvgIpc) is 2.76. The van der Waals surface area contributed by atoms with E-state index in [2.05, 4.69) is 5.32 Å². The Morgan fingerprint density at radius 2 is 2.29 bits per heavy atom. The van der Waals surface area contributed by atoms with Crippen LogP contribution in [0.3, 0.4) is 0 Å². The van der Waals surface area contributed by atoms with Gasteiger partial charge in [0.05, 0.1) is 5.02 Å². The van der Waals surface area contributed by atoms with Gasteiger partial charge < -0.3 is 14.8 Å². The first-order valence-electron chi connectivity index (χ1n) is 5.81. The van der Waals surface area contributed by atoms with Gasteiger partial charge in [-0.05, 0) is 31.5 Å². The van der Waals surface area contributed by atoms with Crippen molar-refractivity contribution in [2.45, 2.75) is 18.4 Å². The summed E-state index contributed by atoms with van der Waals surface area (Å²) in [6.07, 6.45) is 1.67. The molecule has 90 valence electrons. The Bertz CT molecular complexity index is 543. The molecule has 0 aliphatic carbocycles. The van der Waals surface area contributed by atoms with Crippen LogP contribution in [0.1, 0.15) is 18.6 Å². The van der Waals surface area contributed by atoms with Gasteiger partial charge in [0.25, 0.3) is 0 Å². The molecule has 2 N–H and O–H groups in total. The predicted molar refractivity (Wildman–Crippen MR) is 67.2 cm³/mol. The van der Waals surface area contributed by atoms with E-state index >= 15 is 0 Å². The molecule has 1 aromatic carbocycles. The molecule has 1 atom stereocenters. The highest BCUT2D eigenvalue weighted by atomic mass is 35.5. The van der Waals surface area contributed by atoms with Crippen LogP contribution < -0.4 is 5.32 Å². The third kappa shape index (κ3) is 1.84. The second kappa shape index (κ2) is 4.02. The number of benzene rings is 1. The van der Waals surface area contributed by atoms with Gasteiger partial charge in [-0.1, -0.05) is 23.7 Å². The van der Waals surface area contributed by atoms with Crippen molar-refractivity contribution in [3.05, 3.63) is 35.0 Å². The zero-order valence-corrected chi connectivity index (χ0v) is 10.1. The number of halogens is 1. The Hall–Kier alpha value is -1.03. The van der Waals surface area contributed by atoms with Crippen molar-refractivity contribution in [2.75, 3.05) is 13.1 Å². The summed E-state index contributed by atoms with van der Waals surface area (Å²) in [5, 5.41) is 15.2. The molecule has 0 bridgehead atoms. The summed E-state index contributed by atoms with van der Waals surface area (Å²) >= 11 is 6.06. The van der Waals surface area contributed by atoms with Crippen molar-refractivity contribution in [2.24, 2.45) is 0 Å². The Balaban J connectivity index is 2.08. The number of nitrogens with one attached hydrogen (secondary N) is 1. The van der Waals surface area contributed by atoms with E-state index in [1.165, 1.54) is 0 Å². The lowest BCUT2D eigenvalue weighted by atomic mass is 9.91. The van der Waals surface area contributed by atoms with Gasteiger partial charge in [-0.3, -0.25) is 0 Å². The largest absolute Gasteiger partial charge is 0.456 e. The molecule has 0 saturated carbocycles. The van der Waals surface area contributed by atoms with Crippen LogP contribution in [-0.2, 0) is 5.60 Å². The van der Waals surface area contributed by atoms with Crippen LogP contribution in [-0.4, -0.2) is 18.2 Å². The first-order chi connectivity index (χ1) is 8.19. The van der Waals surface area contributed by atoms with Gasteiger partial charge >= 0.3 is 0 Å². The number of β-amino-alcohol motifs (C(OH)–C–C–N with tert-alkyl or cyclic N) is 1. The van der Waals surface area contributed by atoms with E-state index in [0.29, 0.717) is 22.9 Å². The molecule has 2 aromatic rings. The SMILES string of the molecule is OC1(c2cc3cccc(Cl)c3o2)CCCNC1. The molecule has 0 spiro atoms. The summed E-state index contributed by atoms with van der Waals surface area (Å²) in [4.78, 5) is 0. The summed E-state index contributed by atoms with van der Waals surface area (Å²) in [5.74, 6) is 0.604. The van der Waals surface area contributed by atoms with E-state index in [1.54, 1.807) is 6.07 Å². The highest BCUT2D eigenvalue weighted by Crippen LogP contribution is 2.35. The minimum atomic E-state index is -0.902. The minimum Gasteiger partial charge on any atom is -0.456 e. The maximum Gasteiger partial charge on any atom is 0.153 e. The van der Waals surface area contributed by atoms with Crippen molar-refractivity contribution in [3.63, 3.8) is 0 Å². The highest BCUT2D eigenvalue weighted by molar-refractivity contribution is 6.34. The molecule has 3 rings (SSSR count). The Kier molecular flexibility index (Phi) is 2.62. The topological polar surface area (TPSA) is 45.4 Å². The van der Waals surface area contributed by atoms with Gasteiger partial charge in [0.1, 0.15) is 11.4 Å². The van der Waals surface area contributed by atoms with E-state index < -0.39 is 5.60 Å². The van der Waals surface area contributed by atoms with Crippen LogP contribution in [0.4, 0.5) is 0 Å². The van der Waals surface area contributed by atoms with Crippen molar-refractivity contribution in [1.29, 1.82) is 0 Å². The van der Waals surface area contributed by atoms with E-state index in [0.717, 1.165) is 24.8 Å². The molecular formula is C13H14ClNO2. The lowest BCUT2D eigenvalue weighted by Gasteiger charge is -2.30. The minimum absolute atomic E-state index is 0.532. The lowest BCUT2D eigenvalue weighted by Crippen LogP contribution is -2.42. The number of hydrogen-bond acceptors (Lipinski definition) is 3. The molecule has 1 aromatic heterocycles. The van der Waals surface area contributed by atoms with Gasteiger partial charge in [0.15, 0.2) is 5.58 Å². The number of para-hydroxylation sites is 1. The fraction of sp³-hybridized carbons (Fsp3) is 0.385. The van der Waals surface area contributed by atoms with Crippen molar-refractivity contribution in [3.8, 4) is 0 Å². The van der Waals surface area contributed by atoms with Gasteiger partial charge in [0, 0.05) is 11.9 Å². The molecule has 3 nitrogen and oxygen atoms in total. The summed E-state index contributed by atoms with van der Waals surface area (Å²) in [5.41, 5.74) is -0.246. The molecule has 4 heteroatoms. The number of furan rings is 1. The predicted octanol–water partition coefficient (Wildman–Crippen LogP) is 2.66. The Labute approximate surface area is 104 Å². The van der Waals surface area contributed by atoms with Gasteiger partial charge in [-0.25, -0.2) is 0 Å². The van der Waals surface area contributed by atoms with Gasteiger partial charge in [-0.15, -0.1) is 0 Å². The number of aliphatic hydroxyl groups is 1. The highest BCUT2D eigenvalue weighted by Gasteiger charge is 2.34. The van der Waals surface area contributed by atoms with Crippen molar-refractivity contribution >= 4 is 22.6 Å². The van der Waals surface area contributed by atoms with Gasteiger partial charge in [-0.2, -0.15) is 0 Å². The molecule has 1 saturated heterocycles. The summed E-state index contributed by atoms with van der Waals surface area (Å²) < 4.78 is 5.72. The Morgan fingerprint density at radius 1 is 1.41 bits per heavy atom. The van der Waals surface area contributed by atoms with Gasteiger partial charge in [0.2, 0.25) is 0 Å². The first kappa shape index (κ1) is 11.1. The fourth-order valence-electron chi connectivity index (χ4n) is 2.36. The lowest BCUT2D eigenvalue weighted by molar-refractivity contribution is -0.00612. The third-order valence-corrected chi connectivity index (χ3v) is 3.61. The summed E-state index contributed by atoms with van der Waals surface area (Å²) in [7, 11) is 0. The van der Waals surface area contributed by atoms with E-state index in [9.17, 15) is 5.11 Å². The smallest absolute Gasteiger partial charge is 0.153 e.